The van der Waals surface area contributed by atoms with E-state index in [1.165, 1.54) is 25.2 Å². The monoisotopic (exact) mass is 240 g/mol. The van der Waals surface area contributed by atoms with Crippen LogP contribution in [0, 0.1) is 0 Å². The highest BCUT2D eigenvalue weighted by molar-refractivity contribution is 9.10. The molecule has 1 fully saturated rings. The molecule has 2 heterocycles. The second kappa shape index (κ2) is 4.20. The third kappa shape index (κ3) is 2.51. The van der Waals surface area contributed by atoms with E-state index in [0.717, 1.165) is 17.4 Å². The van der Waals surface area contributed by atoms with Crippen molar-refractivity contribution in [1.82, 2.24) is 9.88 Å². The number of rotatable bonds is 3. The van der Waals surface area contributed by atoms with E-state index in [9.17, 15) is 0 Å². The van der Waals surface area contributed by atoms with E-state index < -0.39 is 0 Å². The second-order valence-corrected chi connectivity index (χ2v) is 4.33. The molecular weight excluding hydrogens is 228 g/mol. The molecule has 0 bridgehead atoms. The average Bonchev–Trinajstić information content (AvgIpc) is 2.05. The Morgan fingerprint density at radius 1 is 1.38 bits per heavy atom. The summed E-state index contributed by atoms with van der Waals surface area (Å²) in [6.07, 6.45) is 4.31. The minimum atomic E-state index is 1.06. The summed E-state index contributed by atoms with van der Waals surface area (Å²) in [7, 11) is 0. The fraction of sp³-hybridized carbons (Fsp3) is 0.500. The fourth-order valence-corrected chi connectivity index (χ4v) is 1.67. The van der Waals surface area contributed by atoms with Gasteiger partial charge in [0, 0.05) is 29.3 Å². The van der Waals surface area contributed by atoms with Crippen LogP contribution in [0.4, 0.5) is 0 Å². The van der Waals surface area contributed by atoms with Crippen LogP contribution in [0.2, 0.25) is 0 Å². The van der Waals surface area contributed by atoms with Gasteiger partial charge >= 0.3 is 0 Å². The minimum absolute atomic E-state index is 1.06. The van der Waals surface area contributed by atoms with Crippen molar-refractivity contribution in [3.05, 3.63) is 28.5 Å². The van der Waals surface area contributed by atoms with Crippen molar-refractivity contribution < 1.29 is 0 Å². The van der Waals surface area contributed by atoms with E-state index >= 15 is 0 Å². The number of aromatic nitrogens is 1. The van der Waals surface area contributed by atoms with Crippen molar-refractivity contribution in [2.24, 2.45) is 0 Å². The smallest absolute Gasteiger partial charge is 0.0417 e. The van der Waals surface area contributed by atoms with Crippen molar-refractivity contribution in [2.75, 3.05) is 19.6 Å². The Balaban J connectivity index is 1.83. The summed E-state index contributed by atoms with van der Waals surface area (Å²) in [4.78, 5) is 6.80. The molecule has 0 aromatic carbocycles. The van der Waals surface area contributed by atoms with Crippen molar-refractivity contribution in [1.29, 1.82) is 0 Å². The van der Waals surface area contributed by atoms with Gasteiger partial charge < -0.3 is 4.90 Å². The van der Waals surface area contributed by atoms with Gasteiger partial charge in [-0.15, -0.1) is 0 Å². The summed E-state index contributed by atoms with van der Waals surface area (Å²) in [5, 5.41) is 0. The highest BCUT2D eigenvalue weighted by atomic mass is 79.9. The Morgan fingerprint density at radius 3 is 2.77 bits per heavy atom. The molecule has 0 spiro atoms. The van der Waals surface area contributed by atoms with Crippen molar-refractivity contribution in [2.45, 2.75) is 12.8 Å². The van der Waals surface area contributed by atoms with Crippen LogP contribution >= 0.6 is 15.9 Å². The van der Waals surface area contributed by atoms with E-state index in [-0.39, 0.29) is 0 Å². The Kier molecular flexibility index (Phi) is 2.96. The first-order chi connectivity index (χ1) is 6.34. The standard InChI is InChI=1S/C10H13BrN2/c11-9-2-3-10(12-8-9)4-7-13-5-1-6-13/h2-3,8H,1,4-7H2. The lowest BCUT2D eigenvalue weighted by Crippen LogP contribution is -2.38. The molecular formula is C10H13BrN2. The summed E-state index contributed by atoms with van der Waals surface area (Å²) in [5.74, 6) is 0. The maximum atomic E-state index is 4.34. The molecule has 13 heavy (non-hydrogen) atoms. The highest BCUT2D eigenvalue weighted by Crippen LogP contribution is 2.10. The summed E-state index contributed by atoms with van der Waals surface area (Å²) in [6.45, 7) is 3.71. The van der Waals surface area contributed by atoms with E-state index in [1.807, 2.05) is 6.20 Å². The fourth-order valence-electron chi connectivity index (χ4n) is 1.43. The average molecular weight is 241 g/mol. The van der Waals surface area contributed by atoms with Crippen molar-refractivity contribution in [3.8, 4) is 0 Å². The molecule has 1 aliphatic rings. The molecule has 1 aromatic rings. The third-order valence-corrected chi connectivity index (χ3v) is 2.89. The van der Waals surface area contributed by atoms with Gasteiger partial charge in [0.25, 0.3) is 0 Å². The number of nitrogens with zero attached hydrogens (tertiary/aromatic N) is 2. The maximum absolute atomic E-state index is 4.34. The molecule has 1 saturated heterocycles. The zero-order valence-corrected chi connectivity index (χ0v) is 9.13. The predicted octanol–water partition coefficient (Wildman–Crippen LogP) is 2.09. The predicted molar refractivity (Wildman–Crippen MR) is 56.7 cm³/mol. The number of halogens is 1. The van der Waals surface area contributed by atoms with E-state index in [2.05, 4.69) is 37.9 Å². The van der Waals surface area contributed by atoms with Gasteiger partial charge in [-0.1, -0.05) is 0 Å². The van der Waals surface area contributed by atoms with Gasteiger partial charge in [0.05, 0.1) is 0 Å². The number of hydrogen-bond acceptors (Lipinski definition) is 2. The first-order valence-corrected chi connectivity index (χ1v) is 5.47. The largest absolute Gasteiger partial charge is 0.303 e. The van der Waals surface area contributed by atoms with Gasteiger partial charge in [0.1, 0.15) is 0 Å². The molecule has 0 N–H and O–H groups in total. The summed E-state index contributed by atoms with van der Waals surface area (Å²) < 4.78 is 1.06. The lowest BCUT2D eigenvalue weighted by molar-refractivity contribution is 0.183. The quantitative estimate of drug-likeness (QED) is 0.805. The van der Waals surface area contributed by atoms with E-state index in [1.54, 1.807) is 0 Å². The van der Waals surface area contributed by atoms with Gasteiger partial charge in [-0.3, -0.25) is 4.98 Å². The molecule has 70 valence electrons. The molecule has 1 aliphatic heterocycles. The van der Waals surface area contributed by atoms with Gasteiger partial charge in [0.2, 0.25) is 0 Å². The molecule has 0 radical (unpaired) electrons. The van der Waals surface area contributed by atoms with Gasteiger partial charge in [-0.05, 0) is 47.6 Å². The first kappa shape index (κ1) is 9.16. The molecule has 2 rings (SSSR count). The number of likely N-dealkylation sites (tertiary alicyclic amines) is 1. The Bertz CT molecular complexity index is 267. The molecule has 2 nitrogen and oxygen atoms in total. The molecule has 0 atom stereocenters. The van der Waals surface area contributed by atoms with Crippen LogP contribution < -0.4 is 0 Å². The molecule has 0 amide bonds. The van der Waals surface area contributed by atoms with Crippen LogP contribution in [0.3, 0.4) is 0 Å². The topological polar surface area (TPSA) is 16.1 Å². The molecule has 3 heteroatoms. The van der Waals surface area contributed by atoms with Crippen LogP contribution in [0.5, 0.6) is 0 Å². The lowest BCUT2D eigenvalue weighted by Gasteiger charge is -2.30. The van der Waals surface area contributed by atoms with E-state index in [4.69, 9.17) is 0 Å². The molecule has 0 aliphatic carbocycles. The first-order valence-electron chi connectivity index (χ1n) is 4.67. The van der Waals surface area contributed by atoms with Crippen LogP contribution in [0.15, 0.2) is 22.8 Å². The Morgan fingerprint density at radius 2 is 2.23 bits per heavy atom. The second-order valence-electron chi connectivity index (χ2n) is 3.41. The van der Waals surface area contributed by atoms with E-state index in [0.29, 0.717) is 0 Å². The Labute approximate surface area is 87.1 Å². The van der Waals surface area contributed by atoms with Gasteiger partial charge in [-0.2, -0.15) is 0 Å². The molecule has 1 aromatic heterocycles. The van der Waals surface area contributed by atoms with Crippen LogP contribution in [-0.2, 0) is 6.42 Å². The summed E-state index contributed by atoms with van der Waals surface area (Å²) in [6, 6.07) is 4.14. The number of hydrogen-bond donors (Lipinski definition) is 0. The normalized spacial score (nSPS) is 17.0. The van der Waals surface area contributed by atoms with Crippen molar-refractivity contribution in [3.63, 3.8) is 0 Å². The SMILES string of the molecule is Brc1ccc(CCN2CCC2)nc1. The van der Waals surface area contributed by atoms with Gasteiger partial charge in [-0.25, -0.2) is 0 Å². The summed E-state index contributed by atoms with van der Waals surface area (Å²) in [5.41, 5.74) is 1.19. The highest BCUT2D eigenvalue weighted by Gasteiger charge is 2.12. The van der Waals surface area contributed by atoms with Crippen molar-refractivity contribution >= 4 is 15.9 Å². The zero-order chi connectivity index (χ0) is 9.10. The van der Waals surface area contributed by atoms with Crippen LogP contribution in [0.1, 0.15) is 12.1 Å². The number of pyridine rings is 1. The third-order valence-electron chi connectivity index (χ3n) is 2.42. The minimum Gasteiger partial charge on any atom is -0.303 e. The van der Waals surface area contributed by atoms with Crippen LogP contribution in [-0.4, -0.2) is 29.5 Å². The Hall–Kier alpha value is -0.410. The molecule has 0 saturated carbocycles. The maximum Gasteiger partial charge on any atom is 0.0417 e. The lowest BCUT2D eigenvalue weighted by atomic mass is 10.2. The van der Waals surface area contributed by atoms with Crippen LogP contribution in [0.25, 0.3) is 0 Å². The zero-order valence-electron chi connectivity index (χ0n) is 7.54. The van der Waals surface area contributed by atoms with Gasteiger partial charge in [0.15, 0.2) is 0 Å². The summed E-state index contributed by atoms with van der Waals surface area (Å²) >= 11 is 3.38. The molecule has 0 unspecified atom stereocenters.